The number of aliphatic carboxylic acids is 1. The van der Waals surface area contributed by atoms with Gasteiger partial charge in [-0.05, 0) is 44.1 Å². The molecule has 0 aromatic carbocycles. The Morgan fingerprint density at radius 2 is 1.19 bits per heavy atom. The van der Waals surface area contributed by atoms with Gasteiger partial charge >= 0.3 is 5.97 Å². The molecule has 0 heterocycles. The molecule has 0 saturated heterocycles. The van der Waals surface area contributed by atoms with Crippen LogP contribution in [0.4, 0.5) is 0 Å². The minimum Gasteiger partial charge on any atom is -0.480 e. The van der Waals surface area contributed by atoms with Gasteiger partial charge in [0.05, 0.1) is 19.7 Å². The van der Waals surface area contributed by atoms with Gasteiger partial charge in [-0.1, -0.05) is 34.1 Å². The minimum absolute atomic E-state index is 0.104. The Kier molecular flexibility index (Phi) is 24.3. The first kappa shape index (κ1) is 48.3. The highest BCUT2D eigenvalue weighted by atomic mass is 32.1. The standard InChI is InChI=1S/C31H57N9O10S2/c1-5-17(4)25(30(48)39-22(15-52)31(49)50)40-28(46)19(10-16(2)3)37-27(45)18(8-6-7-9-32)35-24(43)12-34-26(44)20(13-41)38-29(47)21(14-51)36-23(42)11-33/h16-22,25,41,51-52H,5-15,32-33H2,1-4H3,(H,34,44)(H,35,43)(H,36,42)(H,37,45)(H,38,47)(H,39,48)(H,40,46)(H,49,50). The average molecular weight is 780 g/mol. The van der Waals surface area contributed by atoms with E-state index in [4.69, 9.17) is 11.5 Å². The van der Waals surface area contributed by atoms with Crippen molar-refractivity contribution in [2.45, 2.75) is 96.1 Å². The molecule has 0 radical (unpaired) electrons. The van der Waals surface area contributed by atoms with Crippen LogP contribution in [-0.2, 0) is 38.4 Å². The molecule has 0 fully saturated rings. The maximum absolute atomic E-state index is 13.5. The van der Waals surface area contributed by atoms with Crippen molar-refractivity contribution in [2.75, 3.05) is 37.7 Å². The average Bonchev–Trinajstić information content (AvgIpc) is 3.10. The van der Waals surface area contributed by atoms with Gasteiger partial charge in [0.2, 0.25) is 41.4 Å². The summed E-state index contributed by atoms with van der Waals surface area (Å²) in [6.07, 6.45) is 1.65. The summed E-state index contributed by atoms with van der Waals surface area (Å²) in [5.74, 6) is -7.47. The van der Waals surface area contributed by atoms with Crippen molar-refractivity contribution in [2.24, 2.45) is 23.3 Å². The third-order valence-corrected chi connectivity index (χ3v) is 8.52. The molecule has 52 heavy (non-hydrogen) atoms. The molecular weight excluding hydrogens is 723 g/mol. The Labute approximate surface area is 314 Å². The lowest BCUT2D eigenvalue weighted by Crippen LogP contribution is -2.60. The van der Waals surface area contributed by atoms with Crippen molar-refractivity contribution in [1.82, 2.24) is 37.2 Å². The van der Waals surface area contributed by atoms with Crippen molar-refractivity contribution in [3.8, 4) is 0 Å². The summed E-state index contributed by atoms with van der Waals surface area (Å²) in [5.41, 5.74) is 10.8. The summed E-state index contributed by atoms with van der Waals surface area (Å²) in [5, 5.41) is 36.1. The van der Waals surface area contributed by atoms with Crippen LogP contribution in [0.3, 0.4) is 0 Å². The molecule has 0 rings (SSSR count). The quantitative estimate of drug-likeness (QED) is 0.0296. The van der Waals surface area contributed by atoms with E-state index < -0.39 is 109 Å². The maximum Gasteiger partial charge on any atom is 0.327 e. The molecular formula is C31H57N9O10S2. The van der Waals surface area contributed by atoms with Gasteiger partial charge in [0.15, 0.2) is 0 Å². The van der Waals surface area contributed by atoms with E-state index in [0.717, 1.165) is 0 Å². The van der Waals surface area contributed by atoms with Gasteiger partial charge in [-0.15, -0.1) is 0 Å². The number of aliphatic hydroxyl groups excluding tert-OH is 1. The Bertz CT molecular complexity index is 1210. The number of amides is 7. The van der Waals surface area contributed by atoms with Crippen LogP contribution in [0, 0.1) is 11.8 Å². The van der Waals surface area contributed by atoms with E-state index in [1.807, 2.05) is 13.8 Å². The van der Waals surface area contributed by atoms with Crippen molar-refractivity contribution in [1.29, 1.82) is 0 Å². The number of thiol groups is 2. The van der Waals surface area contributed by atoms with Crippen molar-refractivity contribution in [3.05, 3.63) is 0 Å². The van der Waals surface area contributed by atoms with Gasteiger partial charge in [-0.25, -0.2) is 4.79 Å². The second kappa shape index (κ2) is 26.2. The number of nitrogens with two attached hydrogens (primary N) is 2. The smallest absolute Gasteiger partial charge is 0.327 e. The Morgan fingerprint density at radius 1 is 0.654 bits per heavy atom. The van der Waals surface area contributed by atoms with E-state index in [1.54, 1.807) is 13.8 Å². The van der Waals surface area contributed by atoms with E-state index in [9.17, 15) is 48.6 Å². The molecule has 0 aliphatic carbocycles. The third kappa shape index (κ3) is 18.2. The fourth-order valence-corrected chi connectivity index (χ4v) is 5.09. The Morgan fingerprint density at radius 3 is 1.69 bits per heavy atom. The number of aliphatic hydroxyl groups is 1. The molecule has 0 aromatic heterocycles. The highest BCUT2D eigenvalue weighted by molar-refractivity contribution is 7.80. The topological polar surface area (TPSA) is 313 Å². The predicted octanol–water partition coefficient (Wildman–Crippen LogP) is -3.87. The first-order valence-electron chi connectivity index (χ1n) is 17.0. The van der Waals surface area contributed by atoms with E-state index in [-0.39, 0.29) is 30.3 Å². The summed E-state index contributed by atoms with van der Waals surface area (Å²) >= 11 is 7.95. The van der Waals surface area contributed by atoms with Gasteiger partial charge in [0.25, 0.3) is 0 Å². The van der Waals surface area contributed by atoms with E-state index >= 15 is 0 Å². The Balaban J connectivity index is 5.81. The SMILES string of the molecule is CCC(C)C(NC(=O)C(CC(C)C)NC(=O)C(CCCCN)NC(=O)CNC(=O)C(CO)NC(=O)C(CS)NC(=O)CN)C(=O)NC(CS)C(=O)O. The molecule has 7 unspecified atom stereocenters. The fraction of sp³-hybridized carbons (Fsp3) is 0.742. The van der Waals surface area contributed by atoms with Crippen LogP contribution in [0.15, 0.2) is 0 Å². The zero-order valence-corrected chi connectivity index (χ0v) is 31.9. The molecule has 298 valence electrons. The van der Waals surface area contributed by atoms with E-state index in [0.29, 0.717) is 25.8 Å². The van der Waals surface area contributed by atoms with E-state index in [1.165, 1.54) is 0 Å². The number of carbonyl (C=O) groups excluding carboxylic acids is 7. The van der Waals surface area contributed by atoms with Gasteiger partial charge in [-0.3, -0.25) is 33.6 Å². The molecule has 13 N–H and O–H groups in total. The van der Waals surface area contributed by atoms with Crippen LogP contribution in [-0.4, -0.2) is 132 Å². The van der Waals surface area contributed by atoms with Gasteiger partial charge < -0.3 is 58.9 Å². The molecule has 7 atom stereocenters. The molecule has 0 aliphatic heterocycles. The molecule has 7 amide bonds. The lowest BCUT2D eigenvalue weighted by molar-refractivity contribution is -0.142. The van der Waals surface area contributed by atoms with Crippen LogP contribution in [0.1, 0.15) is 59.8 Å². The molecule has 0 aromatic rings. The number of carboxylic acid groups (broad SMARTS) is 1. The summed E-state index contributed by atoms with van der Waals surface area (Å²) in [4.78, 5) is 101. The van der Waals surface area contributed by atoms with Crippen molar-refractivity contribution >= 4 is 72.6 Å². The number of hydrogen-bond donors (Lipinski definition) is 13. The fourth-order valence-electron chi connectivity index (χ4n) is 4.59. The summed E-state index contributed by atoms with van der Waals surface area (Å²) in [7, 11) is 0. The van der Waals surface area contributed by atoms with Crippen LogP contribution in [0.25, 0.3) is 0 Å². The molecule has 0 saturated carbocycles. The lowest BCUT2D eigenvalue weighted by atomic mass is 9.96. The number of hydrogen-bond acceptors (Lipinski definition) is 13. The van der Waals surface area contributed by atoms with Crippen LogP contribution < -0.4 is 48.7 Å². The summed E-state index contributed by atoms with van der Waals surface area (Å²) < 4.78 is 0. The zero-order chi connectivity index (χ0) is 40.0. The molecule has 0 bridgehead atoms. The first-order chi connectivity index (χ1) is 24.5. The summed E-state index contributed by atoms with van der Waals surface area (Å²) in [6.45, 7) is 5.54. The summed E-state index contributed by atoms with van der Waals surface area (Å²) in [6, 6.07) is -7.39. The largest absolute Gasteiger partial charge is 0.480 e. The van der Waals surface area contributed by atoms with E-state index in [2.05, 4.69) is 62.5 Å². The maximum atomic E-state index is 13.5. The molecule has 21 heteroatoms. The minimum atomic E-state index is -1.49. The highest BCUT2D eigenvalue weighted by Crippen LogP contribution is 2.12. The van der Waals surface area contributed by atoms with Gasteiger partial charge in [0, 0.05) is 11.5 Å². The molecule has 0 spiro atoms. The van der Waals surface area contributed by atoms with Gasteiger partial charge in [0.1, 0.15) is 36.3 Å². The number of carbonyl (C=O) groups is 8. The zero-order valence-electron chi connectivity index (χ0n) is 30.1. The number of rotatable bonds is 26. The van der Waals surface area contributed by atoms with Gasteiger partial charge in [-0.2, -0.15) is 25.3 Å². The van der Waals surface area contributed by atoms with Crippen molar-refractivity contribution < 1.29 is 48.6 Å². The molecule has 19 nitrogen and oxygen atoms in total. The monoisotopic (exact) mass is 779 g/mol. The second-order valence-corrected chi connectivity index (χ2v) is 13.2. The van der Waals surface area contributed by atoms with Crippen molar-refractivity contribution in [3.63, 3.8) is 0 Å². The van der Waals surface area contributed by atoms with Crippen LogP contribution in [0.2, 0.25) is 0 Å². The number of nitrogens with one attached hydrogen (secondary N) is 7. The second-order valence-electron chi connectivity index (χ2n) is 12.5. The normalized spacial score (nSPS) is 15.0. The van der Waals surface area contributed by atoms with Crippen LogP contribution in [0.5, 0.6) is 0 Å². The number of unbranched alkanes of at least 4 members (excludes halogenated alkanes) is 1. The number of carboxylic acids is 1. The van der Waals surface area contributed by atoms with Crippen LogP contribution >= 0.6 is 25.3 Å². The first-order valence-corrected chi connectivity index (χ1v) is 18.3. The molecule has 0 aliphatic rings. The third-order valence-electron chi connectivity index (χ3n) is 7.79. The predicted molar refractivity (Wildman–Crippen MR) is 198 cm³/mol. The lowest BCUT2D eigenvalue weighted by Gasteiger charge is -2.29. The highest BCUT2D eigenvalue weighted by Gasteiger charge is 2.34. The Hall–Kier alpha value is -3.66.